The van der Waals surface area contributed by atoms with E-state index in [1.165, 1.54) is 11.1 Å². The van der Waals surface area contributed by atoms with Crippen LogP contribution in [0.5, 0.6) is 0 Å². The van der Waals surface area contributed by atoms with Crippen LogP contribution in [0, 0.1) is 5.92 Å². The number of methoxy groups -OCH3 is 1. The molecule has 0 saturated carbocycles. The molecule has 0 spiro atoms. The van der Waals surface area contributed by atoms with Crippen molar-refractivity contribution in [2.45, 2.75) is 38.8 Å². The van der Waals surface area contributed by atoms with Crippen molar-refractivity contribution in [3.63, 3.8) is 0 Å². The van der Waals surface area contributed by atoms with Gasteiger partial charge in [0.05, 0.1) is 6.10 Å². The van der Waals surface area contributed by atoms with Crippen LogP contribution in [0.1, 0.15) is 37.4 Å². The van der Waals surface area contributed by atoms with Crippen molar-refractivity contribution in [1.82, 2.24) is 4.90 Å². The van der Waals surface area contributed by atoms with Crippen LogP contribution in [-0.2, 0) is 11.2 Å². The van der Waals surface area contributed by atoms with Crippen LogP contribution in [0.3, 0.4) is 0 Å². The van der Waals surface area contributed by atoms with Crippen LogP contribution < -0.4 is 5.73 Å². The molecule has 2 unspecified atom stereocenters. The highest BCUT2D eigenvalue weighted by molar-refractivity contribution is 5.26. The van der Waals surface area contributed by atoms with E-state index in [2.05, 4.69) is 43.0 Å². The maximum absolute atomic E-state index is 6.01. The monoisotopic (exact) mass is 276 g/mol. The zero-order valence-electron chi connectivity index (χ0n) is 13.0. The Balaban J connectivity index is 2.04. The fraction of sp³-hybridized carbons (Fsp3) is 0.647. The topological polar surface area (TPSA) is 38.5 Å². The van der Waals surface area contributed by atoms with Crippen molar-refractivity contribution in [1.29, 1.82) is 0 Å². The molecule has 1 aliphatic heterocycles. The lowest BCUT2D eigenvalue weighted by Crippen LogP contribution is -2.33. The number of benzene rings is 1. The zero-order chi connectivity index (χ0) is 14.5. The second-order valence-corrected chi connectivity index (χ2v) is 6.23. The Morgan fingerprint density at radius 3 is 2.50 bits per heavy atom. The minimum atomic E-state index is 0.322. The van der Waals surface area contributed by atoms with E-state index in [1.807, 2.05) is 0 Å². The Bertz CT molecular complexity index is 402. The number of nitrogens with two attached hydrogens (primary N) is 1. The van der Waals surface area contributed by atoms with E-state index in [9.17, 15) is 0 Å². The molecule has 0 radical (unpaired) electrons. The first kappa shape index (κ1) is 15.5. The van der Waals surface area contributed by atoms with Gasteiger partial charge in [0, 0.05) is 32.8 Å². The molecule has 1 aromatic carbocycles. The number of nitrogens with zero attached hydrogens (tertiary/aromatic N) is 1. The summed E-state index contributed by atoms with van der Waals surface area (Å²) in [6, 6.07) is 9.32. The average molecular weight is 276 g/mol. The summed E-state index contributed by atoms with van der Waals surface area (Å²) in [5, 5.41) is 0. The van der Waals surface area contributed by atoms with Crippen molar-refractivity contribution < 1.29 is 4.74 Å². The Kier molecular flexibility index (Phi) is 5.58. The number of hydrogen-bond acceptors (Lipinski definition) is 3. The first-order chi connectivity index (χ1) is 9.63. The van der Waals surface area contributed by atoms with E-state index < -0.39 is 0 Å². The van der Waals surface area contributed by atoms with Gasteiger partial charge in [-0.05, 0) is 29.9 Å². The van der Waals surface area contributed by atoms with Gasteiger partial charge in [-0.1, -0.05) is 38.1 Å². The highest BCUT2D eigenvalue weighted by Crippen LogP contribution is 2.25. The first-order valence-corrected chi connectivity index (χ1v) is 7.69. The predicted molar refractivity (Wildman–Crippen MR) is 83.8 cm³/mol. The molecule has 0 aliphatic carbocycles. The molecular formula is C17H28N2O. The Morgan fingerprint density at radius 1 is 1.30 bits per heavy atom. The molecule has 20 heavy (non-hydrogen) atoms. The lowest BCUT2D eigenvalue weighted by atomic mass is 9.99. The molecule has 0 aromatic heterocycles. The van der Waals surface area contributed by atoms with Crippen LogP contribution in [0.2, 0.25) is 0 Å². The van der Waals surface area contributed by atoms with Gasteiger partial charge in [0.15, 0.2) is 0 Å². The van der Waals surface area contributed by atoms with E-state index in [0.717, 1.165) is 25.9 Å². The molecule has 1 aliphatic rings. The van der Waals surface area contributed by atoms with Gasteiger partial charge < -0.3 is 10.5 Å². The third-order valence-electron chi connectivity index (χ3n) is 4.18. The van der Waals surface area contributed by atoms with E-state index in [-0.39, 0.29) is 0 Å². The van der Waals surface area contributed by atoms with E-state index >= 15 is 0 Å². The Morgan fingerprint density at radius 2 is 2.00 bits per heavy atom. The van der Waals surface area contributed by atoms with Crippen molar-refractivity contribution in [2.75, 3.05) is 26.7 Å². The maximum atomic E-state index is 6.01. The van der Waals surface area contributed by atoms with Gasteiger partial charge in [-0.3, -0.25) is 4.90 Å². The van der Waals surface area contributed by atoms with E-state index in [1.54, 1.807) is 7.11 Å². The fourth-order valence-electron chi connectivity index (χ4n) is 3.07. The molecule has 2 atom stereocenters. The Labute approximate surface area is 123 Å². The summed E-state index contributed by atoms with van der Waals surface area (Å²) in [5.41, 5.74) is 8.75. The predicted octanol–water partition coefficient (Wildman–Crippen LogP) is 2.61. The van der Waals surface area contributed by atoms with Gasteiger partial charge in [0.1, 0.15) is 0 Å². The highest BCUT2D eigenvalue weighted by Gasteiger charge is 2.28. The van der Waals surface area contributed by atoms with E-state index in [0.29, 0.717) is 24.6 Å². The van der Waals surface area contributed by atoms with Gasteiger partial charge in [-0.2, -0.15) is 0 Å². The second-order valence-electron chi connectivity index (χ2n) is 6.23. The third kappa shape index (κ3) is 3.81. The van der Waals surface area contributed by atoms with E-state index in [4.69, 9.17) is 10.5 Å². The van der Waals surface area contributed by atoms with Gasteiger partial charge in [-0.15, -0.1) is 0 Å². The normalized spacial score (nSPS) is 21.6. The SMILES string of the molecule is COC1CCN(C(CN)c2ccc(CC(C)C)cc2)C1. The van der Waals surface area contributed by atoms with Gasteiger partial charge in [-0.25, -0.2) is 0 Å². The summed E-state index contributed by atoms with van der Waals surface area (Å²) >= 11 is 0. The minimum absolute atomic E-state index is 0.322. The molecule has 1 aromatic rings. The fourth-order valence-corrected chi connectivity index (χ4v) is 3.07. The molecule has 2 N–H and O–H groups in total. The number of ether oxygens (including phenoxy) is 1. The average Bonchev–Trinajstić information content (AvgIpc) is 2.90. The van der Waals surface area contributed by atoms with Crippen LogP contribution in [0.25, 0.3) is 0 Å². The van der Waals surface area contributed by atoms with Crippen LogP contribution in [-0.4, -0.2) is 37.7 Å². The minimum Gasteiger partial charge on any atom is -0.380 e. The molecule has 0 amide bonds. The molecule has 3 nitrogen and oxygen atoms in total. The van der Waals surface area contributed by atoms with Crippen LogP contribution in [0.15, 0.2) is 24.3 Å². The highest BCUT2D eigenvalue weighted by atomic mass is 16.5. The van der Waals surface area contributed by atoms with Crippen molar-refractivity contribution in [2.24, 2.45) is 11.7 Å². The second kappa shape index (κ2) is 7.21. The summed E-state index contributed by atoms with van der Waals surface area (Å²) in [5.74, 6) is 0.701. The molecule has 112 valence electrons. The third-order valence-corrected chi connectivity index (χ3v) is 4.18. The van der Waals surface area contributed by atoms with Crippen molar-refractivity contribution in [3.05, 3.63) is 35.4 Å². The van der Waals surface area contributed by atoms with Crippen molar-refractivity contribution >= 4 is 0 Å². The summed E-state index contributed by atoms with van der Waals surface area (Å²) in [4.78, 5) is 2.45. The summed E-state index contributed by atoms with van der Waals surface area (Å²) in [6.45, 7) is 7.25. The van der Waals surface area contributed by atoms with Crippen LogP contribution in [0.4, 0.5) is 0 Å². The zero-order valence-corrected chi connectivity index (χ0v) is 13.0. The number of rotatable bonds is 6. The lowest BCUT2D eigenvalue weighted by molar-refractivity contribution is 0.101. The smallest absolute Gasteiger partial charge is 0.0710 e. The van der Waals surface area contributed by atoms with Gasteiger partial charge >= 0.3 is 0 Å². The standard InChI is InChI=1S/C17H28N2O/c1-13(2)10-14-4-6-15(7-5-14)17(11-18)19-9-8-16(12-19)20-3/h4-7,13,16-17H,8-12,18H2,1-3H3. The van der Waals surface area contributed by atoms with Crippen LogP contribution >= 0.6 is 0 Å². The summed E-state index contributed by atoms with van der Waals surface area (Å²) in [7, 11) is 1.80. The Hall–Kier alpha value is -0.900. The quantitative estimate of drug-likeness (QED) is 0.868. The molecule has 3 heteroatoms. The molecule has 1 heterocycles. The largest absolute Gasteiger partial charge is 0.380 e. The summed E-state index contributed by atoms with van der Waals surface area (Å²) in [6.07, 6.45) is 2.62. The number of hydrogen-bond donors (Lipinski definition) is 1. The first-order valence-electron chi connectivity index (χ1n) is 7.69. The number of likely N-dealkylation sites (tertiary alicyclic amines) is 1. The van der Waals surface area contributed by atoms with Gasteiger partial charge in [0.25, 0.3) is 0 Å². The van der Waals surface area contributed by atoms with Gasteiger partial charge in [0.2, 0.25) is 0 Å². The maximum Gasteiger partial charge on any atom is 0.0710 e. The molecule has 1 fully saturated rings. The van der Waals surface area contributed by atoms with Crippen molar-refractivity contribution in [3.8, 4) is 0 Å². The molecular weight excluding hydrogens is 248 g/mol. The molecule has 1 saturated heterocycles. The summed E-state index contributed by atoms with van der Waals surface area (Å²) < 4.78 is 5.45. The lowest BCUT2D eigenvalue weighted by Gasteiger charge is -2.27. The molecule has 2 rings (SSSR count). The molecule has 0 bridgehead atoms.